The van der Waals surface area contributed by atoms with E-state index in [-0.39, 0.29) is 29.1 Å². The summed E-state index contributed by atoms with van der Waals surface area (Å²) in [5.41, 5.74) is 1.91. The van der Waals surface area contributed by atoms with Crippen molar-refractivity contribution in [2.24, 2.45) is 5.92 Å². The average molecular weight is 637 g/mol. The third kappa shape index (κ3) is 4.67. The second-order valence-electron chi connectivity index (χ2n) is 9.34. The van der Waals surface area contributed by atoms with Crippen LogP contribution >= 0.6 is 39.0 Å². The number of hydrogen-bond donors (Lipinski definition) is 1. The summed E-state index contributed by atoms with van der Waals surface area (Å²) < 4.78 is 7.41. The van der Waals surface area contributed by atoms with Crippen LogP contribution in [0.4, 0.5) is 11.4 Å². The second kappa shape index (κ2) is 10.7. The molecule has 6 rings (SSSR count). The number of amides is 3. The molecule has 4 aromatic rings. The third-order valence-electron chi connectivity index (χ3n) is 6.97. The summed E-state index contributed by atoms with van der Waals surface area (Å²) in [5.74, 6) is -1.53. The van der Waals surface area contributed by atoms with Crippen molar-refractivity contribution in [1.82, 2.24) is 4.57 Å². The van der Waals surface area contributed by atoms with Gasteiger partial charge in [-0.15, -0.1) is 0 Å². The van der Waals surface area contributed by atoms with E-state index in [4.69, 9.17) is 4.74 Å². The van der Waals surface area contributed by atoms with Crippen LogP contribution in [0.25, 0.3) is 0 Å². The highest BCUT2D eigenvalue weighted by Gasteiger charge is 2.56. The quantitative estimate of drug-likeness (QED) is 0.296. The van der Waals surface area contributed by atoms with Gasteiger partial charge in [-0.1, -0.05) is 69.4 Å². The first-order valence-electron chi connectivity index (χ1n) is 12.4. The highest BCUT2D eigenvalue weighted by atomic mass is 79.9. The van der Waals surface area contributed by atoms with E-state index < -0.39 is 17.1 Å². The summed E-state index contributed by atoms with van der Waals surface area (Å²) in [4.78, 5) is 55.5. The normalized spacial score (nSPS) is 19.8. The number of thiazole rings is 1. The number of ether oxygens (including phenoxy) is 1. The molecule has 0 radical (unpaired) electrons. The van der Waals surface area contributed by atoms with Crippen molar-refractivity contribution in [1.29, 1.82) is 0 Å². The Morgan fingerprint density at radius 1 is 0.950 bits per heavy atom. The molecule has 3 amide bonds. The van der Waals surface area contributed by atoms with Crippen molar-refractivity contribution in [3.63, 3.8) is 0 Å². The zero-order valence-electron chi connectivity index (χ0n) is 21.1. The van der Waals surface area contributed by atoms with Crippen LogP contribution in [-0.4, -0.2) is 34.6 Å². The second-order valence-corrected chi connectivity index (χ2v) is 12.4. The van der Waals surface area contributed by atoms with Gasteiger partial charge in [-0.05, 0) is 54.1 Å². The minimum Gasteiger partial charge on any atom is -0.497 e. The van der Waals surface area contributed by atoms with E-state index in [0.717, 1.165) is 21.4 Å². The average Bonchev–Trinajstić information content (AvgIpc) is 3.40. The van der Waals surface area contributed by atoms with E-state index in [1.807, 2.05) is 30.3 Å². The minimum atomic E-state index is -0.737. The molecule has 0 aliphatic carbocycles. The fourth-order valence-corrected chi connectivity index (χ4v) is 8.18. The van der Waals surface area contributed by atoms with Crippen molar-refractivity contribution in [2.45, 2.75) is 22.7 Å². The van der Waals surface area contributed by atoms with Gasteiger partial charge < -0.3 is 10.1 Å². The Bertz CT molecular complexity index is 1670. The molecule has 202 valence electrons. The molecule has 3 heterocycles. The summed E-state index contributed by atoms with van der Waals surface area (Å²) in [6.07, 6.45) is 0. The van der Waals surface area contributed by atoms with E-state index in [9.17, 15) is 19.2 Å². The number of halogens is 1. The molecule has 8 nitrogen and oxygen atoms in total. The standard InChI is InChI=1S/C29H22BrN3O5S2/c1-38-20-13-9-18(10-14-20)31-21(34)15-32-28-25(40-29(32)37)22(16-5-3-2-4-6-16)23-24(39-28)27(36)33(26(23)35)19-11-7-17(30)8-12-19/h2-14,22-24H,15H2,1H3,(H,31,34)/t22-,23-,24+/m0/s1. The van der Waals surface area contributed by atoms with Crippen molar-refractivity contribution in [3.8, 4) is 5.75 Å². The van der Waals surface area contributed by atoms with Crippen LogP contribution in [0.5, 0.6) is 5.75 Å². The first-order chi connectivity index (χ1) is 19.4. The number of imide groups is 1. The minimum absolute atomic E-state index is 0.221. The molecule has 1 saturated heterocycles. The lowest BCUT2D eigenvalue weighted by molar-refractivity contribution is -0.122. The maximum Gasteiger partial charge on any atom is 0.308 e. The lowest BCUT2D eigenvalue weighted by Crippen LogP contribution is -2.33. The van der Waals surface area contributed by atoms with Crippen LogP contribution in [0, 0.1) is 5.92 Å². The molecule has 0 unspecified atom stereocenters. The SMILES string of the molecule is COc1ccc(NC(=O)Cn2c3c(sc2=O)[C@@H](c2ccccc2)[C@@H]2C(=O)N(c4ccc(Br)cc4)C(=O)[C@@H]2S3)cc1. The van der Waals surface area contributed by atoms with E-state index in [1.165, 1.54) is 21.2 Å². The molecule has 3 atom stereocenters. The molecule has 2 aliphatic rings. The molecule has 2 aliphatic heterocycles. The predicted molar refractivity (Wildman–Crippen MR) is 158 cm³/mol. The van der Waals surface area contributed by atoms with E-state index in [1.54, 1.807) is 55.6 Å². The van der Waals surface area contributed by atoms with Crippen LogP contribution < -0.4 is 19.8 Å². The Kier molecular flexibility index (Phi) is 7.11. The Balaban J connectivity index is 1.37. The molecular formula is C29H22BrN3O5S2. The van der Waals surface area contributed by atoms with Crippen molar-refractivity contribution < 1.29 is 19.1 Å². The Labute approximate surface area is 246 Å². The van der Waals surface area contributed by atoms with Gasteiger partial charge in [0.15, 0.2) is 0 Å². The molecule has 1 fully saturated rings. The van der Waals surface area contributed by atoms with Crippen molar-refractivity contribution >= 4 is 68.1 Å². The first kappa shape index (κ1) is 26.5. The zero-order valence-corrected chi connectivity index (χ0v) is 24.3. The smallest absolute Gasteiger partial charge is 0.308 e. The number of aromatic nitrogens is 1. The molecule has 0 saturated carbocycles. The molecule has 1 N–H and O–H groups in total. The van der Waals surface area contributed by atoms with Crippen LogP contribution in [-0.2, 0) is 20.9 Å². The van der Waals surface area contributed by atoms with Gasteiger partial charge in [-0.25, -0.2) is 4.90 Å². The number of nitrogens with zero attached hydrogens (tertiary/aromatic N) is 2. The Hall–Kier alpha value is -3.67. The first-order valence-corrected chi connectivity index (χ1v) is 14.9. The van der Waals surface area contributed by atoms with Crippen LogP contribution in [0.15, 0.2) is 93.2 Å². The maximum absolute atomic E-state index is 13.9. The molecule has 11 heteroatoms. The fourth-order valence-electron chi connectivity index (χ4n) is 5.14. The number of nitrogens with one attached hydrogen (secondary N) is 1. The number of fused-ring (bicyclic) bond motifs is 2. The number of carbonyl (C=O) groups excluding carboxylic acids is 3. The van der Waals surface area contributed by atoms with E-state index in [0.29, 0.717) is 27.0 Å². The largest absolute Gasteiger partial charge is 0.497 e. The number of rotatable bonds is 6. The lowest BCUT2D eigenvalue weighted by atomic mass is 9.83. The molecule has 3 aromatic carbocycles. The van der Waals surface area contributed by atoms with E-state index in [2.05, 4.69) is 21.2 Å². The van der Waals surface area contributed by atoms with E-state index >= 15 is 0 Å². The zero-order chi connectivity index (χ0) is 28.0. The van der Waals surface area contributed by atoms with Gasteiger partial charge in [0.05, 0.1) is 23.7 Å². The summed E-state index contributed by atoms with van der Waals surface area (Å²) in [6, 6.07) is 23.4. The number of hydrogen-bond acceptors (Lipinski definition) is 7. The summed E-state index contributed by atoms with van der Waals surface area (Å²) in [7, 11) is 1.56. The monoisotopic (exact) mass is 635 g/mol. The molecule has 40 heavy (non-hydrogen) atoms. The van der Waals surface area contributed by atoms with Crippen LogP contribution in [0.3, 0.4) is 0 Å². The van der Waals surface area contributed by atoms with Gasteiger partial charge in [-0.3, -0.25) is 23.7 Å². The predicted octanol–water partition coefficient (Wildman–Crippen LogP) is 5.12. The van der Waals surface area contributed by atoms with Crippen LogP contribution in [0.1, 0.15) is 16.4 Å². The highest BCUT2D eigenvalue weighted by molar-refractivity contribution is 9.10. The molecule has 1 aromatic heterocycles. The van der Waals surface area contributed by atoms with Crippen molar-refractivity contribution in [3.05, 3.63) is 103 Å². The Morgan fingerprint density at radius 2 is 1.65 bits per heavy atom. The summed E-state index contributed by atoms with van der Waals surface area (Å²) in [6.45, 7) is -0.221. The fraction of sp³-hybridized carbons (Fsp3) is 0.172. The number of carbonyl (C=O) groups is 3. The Morgan fingerprint density at radius 3 is 2.33 bits per heavy atom. The van der Waals surface area contributed by atoms with Crippen LogP contribution in [0.2, 0.25) is 0 Å². The summed E-state index contributed by atoms with van der Waals surface area (Å²) >= 11 is 5.62. The number of methoxy groups -OCH3 is 1. The number of thioether (sulfide) groups is 1. The number of anilines is 2. The topological polar surface area (TPSA) is 97.7 Å². The highest BCUT2D eigenvalue weighted by Crippen LogP contribution is 2.53. The molecule has 0 spiro atoms. The summed E-state index contributed by atoms with van der Waals surface area (Å²) in [5, 5.41) is 2.62. The maximum atomic E-state index is 13.9. The van der Waals surface area contributed by atoms with Gasteiger partial charge >= 0.3 is 4.87 Å². The van der Waals surface area contributed by atoms with Crippen molar-refractivity contribution in [2.75, 3.05) is 17.3 Å². The van der Waals surface area contributed by atoms with Gasteiger partial charge in [0, 0.05) is 21.0 Å². The van der Waals surface area contributed by atoms with Gasteiger partial charge in [0.25, 0.3) is 0 Å². The molecular weight excluding hydrogens is 614 g/mol. The molecule has 0 bridgehead atoms. The lowest BCUT2D eigenvalue weighted by Gasteiger charge is -2.30. The van der Waals surface area contributed by atoms with Gasteiger partial charge in [0.1, 0.15) is 17.5 Å². The van der Waals surface area contributed by atoms with Gasteiger partial charge in [0.2, 0.25) is 17.7 Å². The van der Waals surface area contributed by atoms with Gasteiger partial charge in [-0.2, -0.15) is 0 Å². The third-order valence-corrected chi connectivity index (χ3v) is 10.1. The number of benzene rings is 3.